The lowest BCUT2D eigenvalue weighted by atomic mass is 10.3. The molecule has 0 atom stereocenters. The Hall–Kier alpha value is -2.98. The summed E-state index contributed by atoms with van der Waals surface area (Å²) < 4.78 is 38.1. The average molecular weight is 313 g/mol. The van der Waals surface area contributed by atoms with Gasteiger partial charge >= 0.3 is 6.18 Å². The topological polar surface area (TPSA) is 119 Å². The number of amides is 1. The van der Waals surface area contributed by atoms with Crippen LogP contribution < -0.4 is 16.4 Å². The maximum atomic E-state index is 12.7. The minimum Gasteiger partial charge on any atom is -0.386 e. The standard InChI is InChI=1S/C11H10F3N7O/c1-16-5-2-7(20-21-9(5)11(12,13)14)19-8-4-17-6(3-18-8)10(15)22/h2-4H,1H3,(H2,15,22)(H2,16,18,19,20). The predicted molar refractivity (Wildman–Crippen MR) is 70.4 cm³/mol. The number of nitrogens with one attached hydrogen (secondary N) is 2. The van der Waals surface area contributed by atoms with Gasteiger partial charge in [0.05, 0.1) is 18.1 Å². The van der Waals surface area contributed by atoms with Gasteiger partial charge in [0.15, 0.2) is 11.5 Å². The molecule has 0 radical (unpaired) electrons. The number of carbonyl (C=O) groups excluding carboxylic acids is 1. The van der Waals surface area contributed by atoms with Gasteiger partial charge in [-0.3, -0.25) is 4.79 Å². The molecule has 0 bridgehead atoms. The Morgan fingerprint density at radius 2 is 1.91 bits per heavy atom. The van der Waals surface area contributed by atoms with Gasteiger partial charge < -0.3 is 16.4 Å². The van der Waals surface area contributed by atoms with Gasteiger partial charge in [-0.15, -0.1) is 10.2 Å². The van der Waals surface area contributed by atoms with E-state index in [0.717, 1.165) is 12.3 Å². The quantitative estimate of drug-likeness (QED) is 0.775. The van der Waals surface area contributed by atoms with Crippen molar-refractivity contribution in [2.75, 3.05) is 17.7 Å². The molecule has 2 heterocycles. The molecule has 8 nitrogen and oxygen atoms in total. The molecule has 2 aromatic heterocycles. The lowest BCUT2D eigenvalue weighted by Crippen LogP contribution is -2.14. The average Bonchev–Trinajstić information content (AvgIpc) is 2.46. The molecule has 0 unspecified atom stereocenters. The number of nitrogens with two attached hydrogens (primary N) is 1. The monoisotopic (exact) mass is 313 g/mol. The number of carbonyl (C=O) groups is 1. The van der Waals surface area contributed by atoms with Crippen molar-refractivity contribution in [3.8, 4) is 0 Å². The van der Waals surface area contributed by atoms with E-state index >= 15 is 0 Å². The van der Waals surface area contributed by atoms with Gasteiger partial charge in [0.2, 0.25) is 0 Å². The van der Waals surface area contributed by atoms with Crippen LogP contribution in [-0.2, 0) is 6.18 Å². The highest BCUT2D eigenvalue weighted by atomic mass is 19.4. The van der Waals surface area contributed by atoms with Crippen LogP contribution >= 0.6 is 0 Å². The third-order valence-corrected chi connectivity index (χ3v) is 2.49. The van der Waals surface area contributed by atoms with Crippen LogP contribution in [0.1, 0.15) is 16.2 Å². The molecule has 0 aromatic carbocycles. The number of hydrogen-bond donors (Lipinski definition) is 3. The van der Waals surface area contributed by atoms with Gasteiger partial charge in [-0.05, 0) is 0 Å². The molecule has 2 aromatic rings. The molecule has 0 saturated carbocycles. The van der Waals surface area contributed by atoms with E-state index in [1.54, 1.807) is 0 Å². The zero-order chi connectivity index (χ0) is 16.3. The number of aromatic nitrogens is 4. The molecular formula is C11H10F3N7O. The van der Waals surface area contributed by atoms with Crippen LogP contribution in [0.25, 0.3) is 0 Å². The first-order chi connectivity index (χ1) is 10.3. The molecule has 0 aliphatic heterocycles. The molecule has 0 saturated heterocycles. The van der Waals surface area contributed by atoms with Gasteiger partial charge in [-0.1, -0.05) is 0 Å². The van der Waals surface area contributed by atoms with Crippen molar-refractivity contribution < 1.29 is 18.0 Å². The number of hydrogen-bond acceptors (Lipinski definition) is 7. The minimum atomic E-state index is -4.62. The van der Waals surface area contributed by atoms with Crippen molar-refractivity contribution in [1.29, 1.82) is 0 Å². The maximum absolute atomic E-state index is 12.7. The number of nitrogens with zero attached hydrogens (tertiary/aromatic N) is 4. The summed E-state index contributed by atoms with van der Waals surface area (Å²) in [6.45, 7) is 0. The lowest BCUT2D eigenvalue weighted by Gasteiger charge is -2.12. The van der Waals surface area contributed by atoms with E-state index < -0.39 is 17.8 Å². The van der Waals surface area contributed by atoms with Crippen LogP contribution in [-0.4, -0.2) is 33.1 Å². The van der Waals surface area contributed by atoms with Gasteiger partial charge in [-0.25, -0.2) is 9.97 Å². The Bertz CT molecular complexity index is 687. The fraction of sp³-hybridized carbons (Fsp3) is 0.182. The van der Waals surface area contributed by atoms with Gasteiger partial charge in [0, 0.05) is 13.1 Å². The predicted octanol–water partition coefficient (Wildman–Crippen LogP) is 1.17. The second-order valence-electron chi connectivity index (χ2n) is 4.02. The summed E-state index contributed by atoms with van der Waals surface area (Å²) in [6, 6.07) is 1.12. The minimum absolute atomic E-state index is 0.0264. The SMILES string of the molecule is CNc1cc(Nc2cnc(C(N)=O)cn2)nnc1C(F)(F)F. The molecule has 0 fully saturated rings. The van der Waals surface area contributed by atoms with Crippen LogP contribution in [0.15, 0.2) is 18.5 Å². The van der Waals surface area contributed by atoms with Gasteiger partial charge in [0.25, 0.3) is 5.91 Å². The second kappa shape index (κ2) is 5.79. The van der Waals surface area contributed by atoms with Gasteiger partial charge in [0.1, 0.15) is 11.5 Å². The summed E-state index contributed by atoms with van der Waals surface area (Å²) in [5.41, 5.74) is 3.60. The first kappa shape index (κ1) is 15.4. The largest absolute Gasteiger partial charge is 0.437 e. The Labute approximate surface area is 122 Å². The van der Waals surface area contributed by atoms with Crippen LogP contribution in [0.2, 0.25) is 0 Å². The molecule has 22 heavy (non-hydrogen) atoms. The molecule has 116 valence electrons. The molecule has 11 heteroatoms. The highest BCUT2D eigenvalue weighted by molar-refractivity contribution is 5.90. The zero-order valence-corrected chi connectivity index (χ0v) is 11.1. The Kier molecular flexibility index (Phi) is 4.06. The first-order valence-corrected chi connectivity index (χ1v) is 5.83. The lowest BCUT2D eigenvalue weighted by molar-refractivity contribution is -0.141. The van der Waals surface area contributed by atoms with Crippen molar-refractivity contribution in [2.24, 2.45) is 5.73 Å². The van der Waals surface area contributed by atoms with Crippen molar-refractivity contribution in [1.82, 2.24) is 20.2 Å². The van der Waals surface area contributed by atoms with E-state index in [4.69, 9.17) is 5.73 Å². The summed E-state index contributed by atoms with van der Waals surface area (Å²) >= 11 is 0. The van der Waals surface area contributed by atoms with Crippen LogP contribution in [0, 0.1) is 0 Å². The number of primary amides is 1. The van der Waals surface area contributed by atoms with Crippen LogP contribution in [0.3, 0.4) is 0 Å². The highest BCUT2D eigenvalue weighted by Crippen LogP contribution is 2.33. The third kappa shape index (κ3) is 3.37. The van der Waals surface area contributed by atoms with E-state index in [1.165, 1.54) is 13.2 Å². The first-order valence-electron chi connectivity index (χ1n) is 5.83. The summed E-state index contributed by atoms with van der Waals surface area (Å²) in [6.07, 6.45) is -2.30. The fourth-order valence-electron chi connectivity index (χ4n) is 1.50. The normalized spacial score (nSPS) is 11.1. The molecule has 4 N–H and O–H groups in total. The number of halogens is 3. The van der Waals surface area contributed by atoms with Crippen molar-refractivity contribution >= 4 is 23.2 Å². The van der Waals surface area contributed by atoms with Gasteiger partial charge in [-0.2, -0.15) is 13.2 Å². The fourth-order valence-corrected chi connectivity index (χ4v) is 1.50. The van der Waals surface area contributed by atoms with Crippen LogP contribution in [0.4, 0.5) is 30.5 Å². The third-order valence-electron chi connectivity index (χ3n) is 2.49. The van der Waals surface area contributed by atoms with E-state index in [9.17, 15) is 18.0 Å². The van der Waals surface area contributed by atoms with Crippen LogP contribution in [0.5, 0.6) is 0 Å². The maximum Gasteiger partial charge on any atom is 0.437 e. The zero-order valence-electron chi connectivity index (χ0n) is 11.1. The number of anilines is 3. The summed E-state index contributed by atoms with van der Waals surface area (Å²) in [5.74, 6) is -0.551. The molecule has 0 spiro atoms. The molecular weight excluding hydrogens is 303 g/mol. The van der Waals surface area contributed by atoms with Crippen molar-refractivity contribution in [3.63, 3.8) is 0 Å². The number of alkyl halides is 3. The van der Waals surface area contributed by atoms with E-state index in [2.05, 4.69) is 30.8 Å². The molecule has 0 aliphatic rings. The van der Waals surface area contributed by atoms with E-state index in [1.807, 2.05) is 0 Å². The van der Waals surface area contributed by atoms with Crippen molar-refractivity contribution in [2.45, 2.75) is 6.18 Å². The molecule has 2 rings (SSSR count). The Balaban J connectivity index is 2.25. The van der Waals surface area contributed by atoms with E-state index in [0.29, 0.717) is 0 Å². The van der Waals surface area contributed by atoms with Crippen molar-refractivity contribution in [3.05, 3.63) is 29.8 Å². The smallest absolute Gasteiger partial charge is 0.386 e. The highest BCUT2D eigenvalue weighted by Gasteiger charge is 2.36. The second-order valence-corrected chi connectivity index (χ2v) is 4.02. The summed E-state index contributed by atoms with van der Waals surface area (Å²) in [7, 11) is 1.33. The molecule has 1 amide bonds. The molecule has 0 aliphatic carbocycles. The number of rotatable bonds is 4. The Morgan fingerprint density at radius 1 is 1.18 bits per heavy atom. The Morgan fingerprint density at radius 3 is 2.41 bits per heavy atom. The summed E-state index contributed by atoms with van der Waals surface area (Å²) in [5, 5.41) is 11.6. The summed E-state index contributed by atoms with van der Waals surface area (Å²) in [4.78, 5) is 18.4. The van der Waals surface area contributed by atoms with E-state index in [-0.39, 0.29) is 23.0 Å².